The molecule has 0 radical (unpaired) electrons. The molecule has 0 amide bonds. The first-order valence-electron chi connectivity index (χ1n) is 7.90. The average molecular weight is 380 g/mol. The second-order valence-corrected chi connectivity index (χ2v) is 9.66. The molecule has 25 heavy (non-hydrogen) atoms. The van der Waals surface area contributed by atoms with Crippen LogP contribution in [0.3, 0.4) is 0 Å². The van der Waals surface area contributed by atoms with E-state index in [1.807, 2.05) is 6.92 Å². The van der Waals surface area contributed by atoms with E-state index >= 15 is 0 Å². The van der Waals surface area contributed by atoms with Crippen LogP contribution >= 0.6 is 0 Å². The molecule has 1 saturated carbocycles. The van der Waals surface area contributed by atoms with Gasteiger partial charge in [-0.05, 0) is 56.5 Å². The summed E-state index contributed by atoms with van der Waals surface area (Å²) in [7, 11) is -7.44. The molecule has 1 fully saturated rings. The summed E-state index contributed by atoms with van der Waals surface area (Å²) >= 11 is 0. The van der Waals surface area contributed by atoms with Crippen molar-refractivity contribution in [3.05, 3.63) is 53.6 Å². The highest BCUT2D eigenvalue weighted by atomic mass is 32.2. The van der Waals surface area contributed by atoms with Gasteiger partial charge >= 0.3 is 0 Å². The fourth-order valence-corrected chi connectivity index (χ4v) is 5.15. The number of benzene rings is 2. The Kier molecular flexibility index (Phi) is 4.61. The third kappa shape index (κ3) is 4.20. The Hall–Kier alpha value is -1.90. The maximum absolute atomic E-state index is 12.6. The lowest BCUT2D eigenvalue weighted by Gasteiger charge is -2.12. The van der Waals surface area contributed by atoms with Gasteiger partial charge in [0.2, 0.25) is 10.0 Å². The van der Waals surface area contributed by atoms with Crippen LogP contribution in [0, 0.1) is 13.8 Å². The van der Waals surface area contributed by atoms with Crippen LogP contribution < -0.4 is 9.44 Å². The van der Waals surface area contributed by atoms with Crippen molar-refractivity contribution in [2.45, 2.75) is 42.5 Å². The molecule has 2 aromatic rings. The van der Waals surface area contributed by atoms with E-state index in [1.54, 1.807) is 25.1 Å². The Morgan fingerprint density at radius 2 is 1.64 bits per heavy atom. The summed E-state index contributed by atoms with van der Waals surface area (Å²) in [6.45, 7) is 3.61. The Morgan fingerprint density at radius 3 is 2.28 bits per heavy atom. The molecule has 0 aliphatic heterocycles. The van der Waals surface area contributed by atoms with E-state index in [1.165, 1.54) is 24.3 Å². The van der Waals surface area contributed by atoms with E-state index in [0.717, 1.165) is 18.4 Å². The number of hydrogen-bond donors (Lipinski definition) is 2. The summed E-state index contributed by atoms with van der Waals surface area (Å²) < 4.78 is 54.8. The minimum Gasteiger partial charge on any atom is -0.280 e. The normalized spacial score (nSPS) is 15.1. The summed E-state index contributed by atoms with van der Waals surface area (Å²) in [6, 6.07) is 10.9. The Labute approximate surface area is 148 Å². The van der Waals surface area contributed by atoms with E-state index in [2.05, 4.69) is 9.44 Å². The lowest BCUT2D eigenvalue weighted by atomic mass is 10.2. The van der Waals surface area contributed by atoms with Gasteiger partial charge in [0.1, 0.15) is 0 Å². The first-order valence-corrected chi connectivity index (χ1v) is 10.9. The molecule has 0 atom stereocenters. The fourth-order valence-electron chi connectivity index (χ4n) is 2.53. The van der Waals surface area contributed by atoms with Crippen LogP contribution in [0.15, 0.2) is 52.3 Å². The van der Waals surface area contributed by atoms with Crippen LogP contribution in [-0.2, 0) is 20.0 Å². The maximum Gasteiger partial charge on any atom is 0.262 e. The molecule has 0 saturated heterocycles. The number of sulfonamides is 2. The average Bonchev–Trinajstić information content (AvgIpc) is 3.30. The standard InChI is InChI=1S/C17H20N2O4S2/c1-12-6-9-17(13(2)10-12)25(22,23)19-15-4-3-5-16(11-15)24(20,21)18-14-7-8-14/h3-6,9-11,14,18-19H,7-8H2,1-2H3. The second kappa shape index (κ2) is 6.44. The Bertz CT molecular complexity index is 1010. The zero-order chi connectivity index (χ0) is 18.2. The first-order chi connectivity index (χ1) is 11.7. The molecule has 2 N–H and O–H groups in total. The van der Waals surface area contributed by atoms with Gasteiger partial charge in [-0.1, -0.05) is 23.8 Å². The molecule has 134 valence electrons. The molecule has 1 aliphatic carbocycles. The Balaban J connectivity index is 1.88. The molecule has 0 bridgehead atoms. The minimum absolute atomic E-state index is 0.0134. The topological polar surface area (TPSA) is 92.3 Å². The van der Waals surface area contributed by atoms with Crippen molar-refractivity contribution in [3.63, 3.8) is 0 Å². The van der Waals surface area contributed by atoms with Crippen molar-refractivity contribution < 1.29 is 16.8 Å². The minimum atomic E-state index is -3.80. The molecule has 2 aromatic carbocycles. The first kappa shape index (κ1) is 17.9. The largest absolute Gasteiger partial charge is 0.280 e. The van der Waals surface area contributed by atoms with E-state index in [9.17, 15) is 16.8 Å². The molecule has 8 heteroatoms. The van der Waals surface area contributed by atoms with Gasteiger partial charge in [-0.3, -0.25) is 4.72 Å². The lowest BCUT2D eigenvalue weighted by Crippen LogP contribution is -2.25. The lowest BCUT2D eigenvalue weighted by molar-refractivity contribution is 0.580. The highest BCUT2D eigenvalue weighted by Crippen LogP contribution is 2.25. The number of rotatable bonds is 6. The molecular weight excluding hydrogens is 360 g/mol. The van der Waals surface area contributed by atoms with Crippen LogP contribution in [0.25, 0.3) is 0 Å². The monoisotopic (exact) mass is 380 g/mol. The number of anilines is 1. The van der Waals surface area contributed by atoms with Crippen molar-refractivity contribution in [1.29, 1.82) is 0 Å². The molecule has 0 aromatic heterocycles. The summed E-state index contributed by atoms with van der Waals surface area (Å²) in [4.78, 5) is 0.211. The van der Waals surface area contributed by atoms with E-state index in [-0.39, 0.29) is 21.5 Å². The Morgan fingerprint density at radius 1 is 0.920 bits per heavy atom. The number of aryl methyl sites for hydroxylation is 2. The quantitative estimate of drug-likeness (QED) is 0.805. The predicted molar refractivity (Wildman–Crippen MR) is 96.5 cm³/mol. The third-order valence-electron chi connectivity index (χ3n) is 3.92. The number of hydrogen-bond acceptors (Lipinski definition) is 4. The van der Waals surface area contributed by atoms with Gasteiger partial charge in [0.05, 0.1) is 15.5 Å². The maximum atomic E-state index is 12.6. The zero-order valence-corrected chi connectivity index (χ0v) is 15.6. The van der Waals surface area contributed by atoms with E-state index in [4.69, 9.17) is 0 Å². The van der Waals surface area contributed by atoms with Crippen LogP contribution in [0.1, 0.15) is 24.0 Å². The second-order valence-electron chi connectivity index (χ2n) is 6.30. The fraction of sp³-hybridized carbons (Fsp3) is 0.294. The third-order valence-corrected chi connectivity index (χ3v) is 6.98. The van der Waals surface area contributed by atoms with Crippen LogP contribution in [0.5, 0.6) is 0 Å². The van der Waals surface area contributed by atoms with E-state index < -0.39 is 20.0 Å². The van der Waals surface area contributed by atoms with Gasteiger partial charge in [0.15, 0.2) is 0 Å². The zero-order valence-electron chi connectivity index (χ0n) is 14.0. The molecule has 1 aliphatic rings. The van der Waals surface area contributed by atoms with Crippen molar-refractivity contribution in [2.75, 3.05) is 4.72 Å². The highest BCUT2D eigenvalue weighted by molar-refractivity contribution is 7.92. The smallest absolute Gasteiger partial charge is 0.262 e. The van der Waals surface area contributed by atoms with Gasteiger partial charge in [-0.25, -0.2) is 21.6 Å². The van der Waals surface area contributed by atoms with Gasteiger partial charge in [-0.2, -0.15) is 0 Å². The predicted octanol–water partition coefficient (Wildman–Crippen LogP) is 2.54. The van der Waals surface area contributed by atoms with Crippen LogP contribution in [0.2, 0.25) is 0 Å². The summed E-state index contributed by atoms with van der Waals surface area (Å²) in [5, 5.41) is 0. The van der Waals surface area contributed by atoms with Crippen molar-refractivity contribution >= 4 is 25.7 Å². The van der Waals surface area contributed by atoms with Gasteiger partial charge in [-0.15, -0.1) is 0 Å². The molecule has 0 spiro atoms. The molecular formula is C17H20N2O4S2. The highest BCUT2D eigenvalue weighted by Gasteiger charge is 2.28. The summed E-state index contributed by atoms with van der Waals surface area (Å²) in [5.74, 6) is 0. The molecule has 6 nitrogen and oxygen atoms in total. The summed E-state index contributed by atoms with van der Waals surface area (Å²) in [6.07, 6.45) is 1.66. The van der Waals surface area contributed by atoms with Crippen LogP contribution in [-0.4, -0.2) is 22.9 Å². The molecule has 0 heterocycles. The van der Waals surface area contributed by atoms with Crippen LogP contribution in [0.4, 0.5) is 5.69 Å². The van der Waals surface area contributed by atoms with Gasteiger partial charge in [0, 0.05) is 6.04 Å². The number of nitrogens with one attached hydrogen (secondary N) is 2. The van der Waals surface area contributed by atoms with Gasteiger partial charge in [0.25, 0.3) is 10.0 Å². The summed E-state index contributed by atoms with van der Waals surface area (Å²) in [5.41, 5.74) is 1.81. The van der Waals surface area contributed by atoms with Crippen molar-refractivity contribution in [1.82, 2.24) is 4.72 Å². The molecule has 0 unspecified atom stereocenters. The molecule has 3 rings (SSSR count). The van der Waals surface area contributed by atoms with Crippen molar-refractivity contribution in [2.24, 2.45) is 0 Å². The van der Waals surface area contributed by atoms with Crippen molar-refractivity contribution in [3.8, 4) is 0 Å². The SMILES string of the molecule is Cc1ccc(S(=O)(=O)Nc2cccc(S(=O)(=O)NC3CC3)c2)c(C)c1. The van der Waals surface area contributed by atoms with Gasteiger partial charge < -0.3 is 0 Å². The van der Waals surface area contributed by atoms with E-state index in [0.29, 0.717) is 5.56 Å².